The number of rotatable bonds is 4. The van der Waals surface area contributed by atoms with Crippen molar-refractivity contribution in [3.05, 3.63) is 0 Å². The summed E-state index contributed by atoms with van der Waals surface area (Å²) in [5, 5.41) is 3.34. The third-order valence-electron chi connectivity index (χ3n) is 6.93. The van der Waals surface area contributed by atoms with E-state index in [4.69, 9.17) is 4.74 Å². The Hall–Kier alpha value is -0.610. The van der Waals surface area contributed by atoms with E-state index in [2.05, 4.69) is 10.2 Å². The summed E-state index contributed by atoms with van der Waals surface area (Å²) in [6.45, 7) is 4.13. The van der Waals surface area contributed by atoms with Crippen LogP contribution in [0.25, 0.3) is 0 Å². The van der Waals surface area contributed by atoms with Crippen LogP contribution in [-0.2, 0) is 9.53 Å². The molecule has 0 aromatic heterocycles. The number of likely N-dealkylation sites (tertiary alicyclic amines) is 1. The van der Waals surface area contributed by atoms with Gasteiger partial charge in [-0.05, 0) is 62.7 Å². The van der Waals surface area contributed by atoms with E-state index < -0.39 is 0 Å². The van der Waals surface area contributed by atoms with E-state index in [9.17, 15) is 4.79 Å². The fraction of sp³-hybridized carbons (Fsp3) is 0.947. The van der Waals surface area contributed by atoms with Crippen molar-refractivity contribution in [2.75, 3.05) is 26.3 Å². The first kappa shape index (κ1) is 15.9. The Bertz CT molecular complexity index is 414. The molecule has 0 spiro atoms. The third kappa shape index (κ3) is 3.74. The van der Waals surface area contributed by atoms with Gasteiger partial charge in [-0.15, -0.1) is 0 Å². The molecule has 0 aromatic rings. The second-order valence-electron chi connectivity index (χ2n) is 8.36. The van der Waals surface area contributed by atoms with Crippen LogP contribution < -0.4 is 5.32 Å². The molecular weight excluding hydrogens is 288 g/mol. The third-order valence-corrected chi connectivity index (χ3v) is 6.93. The fourth-order valence-corrected chi connectivity index (χ4v) is 5.61. The summed E-state index contributed by atoms with van der Waals surface area (Å²) in [5.74, 6) is 2.82. The van der Waals surface area contributed by atoms with Crippen LogP contribution in [-0.4, -0.2) is 49.2 Å². The van der Waals surface area contributed by atoms with Gasteiger partial charge in [0.05, 0.1) is 0 Å². The number of nitrogens with zero attached hydrogens (tertiary/aromatic N) is 1. The lowest BCUT2D eigenvalue weighted by Gasteiger charge is -2.39. The molecule has 4 heteroatoms. The maximum atomic E-state index is 12.4. The summed E-state index contributed by atoms with van der Waals surface area (Å²) in [7, 11) is 0. The molecule has 4 aliphatic rings. The van der Waals surface area contributed by atoms with Crippen LogP contribution >= 0.6 is 0 Å². The van der Waals surface area contributed by atoms with Crippen LogP contribution in [0.4, 0.5) is 0 Å². The zero-order chi connectivity index (χ0) is 15.6. The van der Waals surface area contributed by atoms with Crippen molar-refractivity contribution in [1.82, 2.24) is 10.2 Å². The quantitative estimate of drug-likeness (QED) is 0.865. The first-order chi connectivity index (χ1) is 11.3. The Labute approximate surface area is 140 Å². The Kier molecular flexibility index (Phi) is 4.91. The van der Waals surface area contributed by atoms with Gasteiger partial charge in [0.1, 0.15) is 0 Å². The first-order valence-corrected chi connectivity index (χ1v) is 9.89. The van der Waals surface area contributed by atoms with Gasteiger partial charge >= 0.3 is 0 Å². The van der Waals surface area contributed by atoms with E-state index in [1.54, 1.807) is 0 Å². The number of hydrogen-bond donors (Lipinski definition) is 1. The smallest absolute Gasteiger partial charge is 0.220 e. The van der Waals surface area contributed by atoms with E-state index in [0.717, 1.165) is 63.4 Å². The van der Waals surface area contributed by atoms with Crippen molar-refractivity contribution in [2.24, 2.45) is 17.8 Å². The minimum Gasteiger partial charge on any atom is -0.381 e. The number of hydrogen-bond acceptors (Lipinski definition) is 3. The highest BCUT2D eigenvalue weighted by molar-refractivity contribution is 5.76. The Morgan fingerprint density at radius 3 is 2.43 bits per heavy atom. The second kappa shape index (κ2) is 7.10. The number of carbonyl (C=O) groups is 1. The largest absolute Gasteiger partial charge is 0.381 e. The highest BCUT2D eigenvalue weighted by Crippen LogP contribution is 2.49. The molecule has 4 nitrogen and oxygen atoms in total. The zero-order valence-corrected chi connectivity index (χ0v) is 14.3. The van der Waals surface area contributed by atoms with Gasteiger partial charge in [0.25, 0.3) is 0 Å². The monoisotopic (exact) mass is 320 g/mol. The minimum absolute atomic E-state index is 0.326. The van der Waals surface area contributed by atoms with Crippen LogP contribution in [0.1, 0.15) is 57.8 Å². The van der Waals surface area contributed by atoms with Crippen LogP contribution in [0.15, 0.2) is 0 Å². The van der Waals surface area contributed by atoms with Crippen LogP contribution in [0.3, 0.4) is 0 Å². The van der Waals surface area contributed by atoms with Gasteiger partial charge in [-0.25, -0.2) is 0 Å². The summed E-state index contributed by atoms with van der Waals surface area (Å²) >= 11 is 0. The molecular formula is C19H32N2O2. The molecule has 130 valence electrons. The van der Waals surface area contributed by atoms with Gasteiger partial charge in [-0.1, -0.05) is 6.42 Å². The molecule has 1 N–H and O–H groups in total. The summed E-state index contributed by atoms with van der Waals surface area (Å²) in [5.41, 5.74) is 0. The van der Waals surface area contributed by atoms with E-state index >= 15 is 0 Å². The molecule has 23 heavy (non-hydrogen) atoms. The summed E-state index contributed by atoms with van der Waals surface area (Å²) in [6, 6.07) is 1.13. The van der Waals surface area contributed by atoms with Crippen LogP contribution in [0.5, 0.6) is 0 Å². The molecule has 4 rings (SSSR count). The Balaban J connectivity index is 1.18. The molecule has 2 saturated heterocycles. The number of nitrogens with one attached hydrogen (secondary N) is 1. The Morgan fingerprint density at radius 2 is 1.78 bits per heavy atom. The van der Waals surface area contributed by atoms with Crippen molar-refractivity contribution < 1.29 is 9.53 Å². The van der Waals surface area contributed by atoms with E-state index in [-0.39, 0.29) is 0 Å². The standard InChI is InChI=1S/C19H32N2O2/c22-19(13-16-12-14-1-2-15(16)11-14)20-17-3-7-21(8-4-17)18-5-9-23-10-6-18/h14-18H,1-13H2,(H,20,22). The summed E-state index contributed by atoms with van der Waals surface area (Å²) in [6.07, 6.45) is 10.9. The molecule has 2 heterocycles. The lowest BCUT2D eigenvalue weighted by molar-refractivity contribution is -0.123. The number of carbonyl (C=O) groups excluding carboxylic acids is 1. The molecule has 0 radical (unpaired) electrons. The summed E-state index contributed by atoms with van der Waals surface area (Å²) in [4.78, 5) is 15.0. The fourth-order valence-electron chi connectivity index (χ4n) is 5.61. The van der Waals surface area contributed by atoms with Crippen LogP contribution in [0, 0.1) is 17.8 Å². The van der Waals surface area contributed by atoms with Crippen molar-refractivity contribution in [3.63, 3.8) is 0 Å². The highest BCUT2D eigenvalue weighted by Gasteiger charge is 2.40. The molecule has 2 aliphatic heterocycles. The normalized spacial score (nSPS) is 36.4. The van der Waals surface area contributed by atoms with Crippen molar-refractivity contribution in [3.8, 4) is 0 Å². The van der Waals surface area contributed by atoms with Gasteiger partial charge in [0.2, 0.25) is 5.91 Å². The number of piperidine rings is 1. The highest BCUT2D eigenvalue weighted by atomic mass is 16.5. The summed E-state index contributed by atoms with van der Waals surface area (Å²) < 4.78 is 5.46. The Morgan fingerprint density at radius 1 is 1.00 bits per heavy atom. The van der Waals surface area contributed by atoms with E-state index in [1.165, 1.54) is 38.5 Å². The molecule has 4 fully saturated rings. The second-order valence-corrected chi connectivity index (χ2v) is 8.36. The predicted octanol–water partition coefficient (Wildman–Crippen LogP) is 2.57. The topological polar surface area (TPSA) is 41.6 Å². The maximum absolute atomic E-state index is 12.4. The molecule has 3 atom stereocenters. The number of fused-ring (bicyclic) bond motifs is 2. The molecule has 2 saturated carbocycles. The SMILES string of the molecule is O=C(CC1CC2CCC1C2)NC1CCN(C2CCOCC2)CC1. The van der Waals surface area contributed by atoms with Gasteiger partial charge in [0.15, 0.2) is 0 Å². The number of ether oxygens (including phenoxy) is 1. The lowest BCUT2D eigenvalue weighted by atomic mass is 9.86. The van der Waals surface area contributed by atoms with Gasteiger partial charge in [-0.2, -0.15) is 0 Å². The van der Waals surface area contributed by atoms with Crippen molar-refractivity contribution >= 4 is 5.91 Å². The molecule has 3 unspecified atom stereocenters. The molecule has 0 aromatic carbocycles. The van der Waals surface area contributed by atoms with Crippen molar-refractivity contribution in [2.45, 2.75) is 69.9 Å². The molecule has 1 amide bonds. The van der Waals surface area contributed by atoms with Gasteiger partial charge in [0, 0.05) is 44.8 Å². The van der Waals surface area contributed by atoms with E-state index in [0.29, 0.717) is 17.9 Å². The average molecular weight is 320 g/mol. The molecule has 2 bridgehead atoms. The van der Waals surface area contributed by atoms with Crippen LogP contribution in [0.2, 0.25) is 0 Å². The maximum Gasteiger partial charge on any atom is 0.220 e. The van der Waals surface area contributed by atoms with Gasteiger partial charge in [-0.3, -0.25) is 4.79 Å². The predicted molar refractivity (Wildman–Crippen MR) is 90.1 cm³/mol. The lowest BCUT2D eigenvalue weighted by Crippen LogP contribution is -2.49. The van der Waals surface area contributed by atoms with Gasteiger partial charge < -0.3 is 15.0 Å². The average Bonchev–Trinajstić information content (AvgIpc) is 3.19. The number of amides is 1. The zero-order valence-electron chi connectivity index (χ0n) is 14.3. The first-order valence-electron chi connectivity index (χ1n) is 9.89. The van der Waals surface area contributed by atoms with Crippen molar-refractivity contribution in [1.29, 1.82) is 0 Å². The molecule has 2 aliphatic carbocycles. The van der Waals surface area contributed by atoms with E-state index in [1.807, 2.05) is 0 Å². The minimum atomic E-state index is 0.326.